The van der Waals surface area contributed by atoms with E-state index in [1.807, 2.05) is 4.90 Å². The summed E-state index contributed by atoms with van der Waals surface area (Å²) in [5.41, 5.74) is -1.34. The zero-order valence-electron chi connectivity index (χ0n) is 27.0. The number of rotatable bonds is 8. The summed E-state index contributed by atoms with van der Waals surface area (Å²) in [4.78, 5) is 14.6. The van der Waals surface area contributed by atoms with Gasteiger partial charge < -0.3 is 19.4 Å². The van der Waals surface area contributed by atoms with Crippen molar-refractivity contribution >= 4 is 17.5 Å². The molecule has 1 aromatic carbocycles. The van der Waals surface area contributed by atoms with Crippen LogP contribution in [0.2, 0.25) is 0 Å². The first-order valence-electron chi connectivity index (χ1n) is 16.2. The van der Waals surface area contributed by atoms with Crippen molar-refractivity contribution in [2.45, 2.75) is 89.8 Å². The molecule has 15 heteroatoms. The maximum atomic E-state index is 14.3. The van der Waals surface area contributed by atoms with E-state index < -0.39 is 60.6 Å². The molecule has 2 aliphatic carbocycles. The number of halogens is 9. The predicted molar refractivity (Wildman–Crippen MR) is 163 cm³/mol. The van der Waals surface area contributed by atoms with Crippen LogP contribution in [0.5, 0.6) is 0 Å². The maximum Gasteiger partial charge on any atom is 0.416 e. The number of nitrogens with zero attached hydrogens (tertiary/aromatic N) is 3. The molecular formula is C34H38F9N3O3. The molecular weight excluding hydrogens is 669 g/mol. The number of allylic oxidation sites excluding steroid dienone is 3. The lowest BCUT2D eigenvalue weighted by Crippen LogP contribution is -2.34. The monoisotopic (exact) mass is 707 g/mol. The van der Waals surface area contributed by atoms with Gasteiger partial charge in [0.1, 0.15) is 0 Å². The van der Waals surface area contributed by atoms with E-state index in [1.165, 1.54) is 24.0 Å². The van der Waals surface area contributed by atoms with Gasteiger partial charge in [-0.05, 0) is 99.5 Å². The van der Waals surface area contributed by atoms with Crippen LogP contribution in [0.1, 0.15) is 79.8 Å². The van der Waals surface area contributed by atoms with E-state index in [4.69, 9.17) is 4.52 Å². The molecule has 49 heavy (non-hydrogen) atoms. The molecule has 1 saturated carbocycles. The van der Waals surface area contributed by atoms with Gasteiger partial charge in [-0.3, -0.25) is 4.79 Å². The summed E-state index contributed by atoms with van der Waals surface area (Å²) in [7, 11) is 0. The molecule has 6 nitrogen and oxygen atoms in total. The summed E-state index contributed by atoms with van der Waals surface area (Å²) in [5.74, 6) is -3.05. The number of hydrogen-bond acceptors (Lipinski definition) is 5. The minimum atomic E-state index is -5.03. The van der Waals surface area contributed by atoms with Crippen LogP contribution in [0.25, 0.3) is 0 Å². The number of carbonyl (C=O) groups is 1. The number of anilines is 2. The molecule has 1 unspecified atom stereocenters. The van der Waals surface area contributed by atoms with Crippen LogP contribution in [0.3, 0.4) is 0 Å². The number of aromatic nitrogens is 1. The van der Waals surface area contributed by atoms with Crippen molar-refractivity contribution in [1.82, 2.24) is 5.16 Å². The third-order valence-electron chi connectivity index (χ3n) is 9.81. The Morgan fingerprint density at radius 1 is 0.959 bits per heavy atom. The summed E-state index contributed by atoms with van der Waals surface area (Å²) >= 11 is 0. The number of carboxylic acid groups (broad SMARTS) is 1. The Morgan fingerprint density at radius 3 is 2.20 bits per heavy atom. The topological polar surface area (TPSA) is 69.8 Å². The van der Waals surface area contributed by atoms with Gasteiger partial charge in [-0.15, -0.1) is 0 Å². The first kappa shape index (κ1) is 36.6. The van der Waals surface area contributed by atoms with Gasteiger partial charge in [-0.1, -0.05) is 17.3 Å². The van der Waals surface area contributed by atoms with Crippen molar-refractivity contribution in [2.75, 3.05) is 29.4 Å². The van der Waals surface area contributed by atoms with Gasteiger partial charge >= 0.3 is 24.5 Å². The van der Waals surface area contributed by atoms with E-state index >= 15 is 0 Å². The maximum absolute atomic E-state index is 14.3. The van der Waals surface area contributed by atoms with Crippen molar-refractivity contribution in [3.63, 3.8) is 0 Å². The average Bonchev–Trinajstić information content (AvgIpc) is 3.35. The van der Waals surface area contributed by atoms with Crippen molar-refractivity contribution in [3.8, 4) is 0 Å². The molecule has 1 fully saturated rings. The lowest BCUT2D eigenvalue weighted by Gasteiger charge is -2.36. The van der Waals surface area contributed by atoms with Crippen LogP contribution in [0, 0.1) is 31.6 Å². The van der Waals surface area contributed by atoms with E-state index in [9.17, 15) is 49.4 Å². The number of benzene rings is 1. The number of fused-ring (bicyclic) bond motifs is 1. The second kappa shape index (κ2) is 13.9. The third-order valence-corrected chi connectivity index (χ3v) is 9.81. The van der Waals surface area contributed by atoms with Gasteiger partial charge in [0.25, 0.3) is 0 Å². The standard InChI is InChI=1S/C34H38F9N3O3/c1-19-10-26-28(46(30-11-20(2)44-49-30)18-23-12-24(32(35,36)37)15-25(13-23)33(38,39)40)4-3-9-45(29(26)16-27(19)34(41,42)43)17-22-7-5-21(6-8-22)14-31(47)48/h10-12,15-16,21-22,25,28H,3-9,13-14,17-18H2,1-2H3,(H,47,48)/t21?,22?,25?,28-/m0/s1. The molecule has 1 aromatic heterocycles. The summed E-state index contributed by atoms with van der Waals surface area (Å²) in [5, 5.41) is 13.1. The normalized spacial score (nSPS) is 23.8. The van der Waals surface area contributed by atoms with E-state index in [2.05, 4.69) is 5.16 Å². The van der Waals surface area contributed by atoms with Crippen LogP contribution in [-0.2, 0) is 11.0 Å². The molecule has 1 N–H and O–H groups in total. The van der Waals surface area contributed by atoms with E-state index in [1.54, 1.807) is 6.92 Å². The molecule has 2 aromatic rings. The fourth-order valence-corrected chi connectivity index (χ4v) is 7.43. The van der Waals surface area contributed by atoms with Crippen LogP contribution in [0.15, 0.2) is 46.0 Å². The molecule has 2 heterocycles. The number of aryl methyl sites for hydroxylation is 2. The number of alkyl halides is 9. The molecule has 5 rings (SSSR count). The highest BCUT2D eigenvalue weighted by Gasteiger charge is 2.45. The number of hydrogen-bond donors (Lipinski definition) is 1. The van der Waals surface area contributed by atoms with Crippen LogP contribution in [0.4, 0.5) is 51.1 Å². The van der Waals surface area contributed by atoms with Gasteiger partial charge in [0, 0.05) is 37.8 Å². The van der Waals surface area contributed by atoms with Gasteiger partial charge in [-0.25, -0.2) is 0 Å². The SMILES string of the molecule is Cc1cc(N(CC2=CC(C(F)(F)F)=CC(C(F)(F)F)C2)[C@H]2CCCN(CC3CCC(CC(=O)O)CC3)c3cc(C(F)(F)F)c(C)cc32)on1. The van der Waals surface area contributed by atoms with E-state index in [0.717, 1.165) is 6.07 Å². The Bertz CT molecular complexity index is 1570. The zero-order chi connectivity index (χ0) is 35.9. The molecule has 0 saturated heterocycles. The Kier molecular flexibility index (Phi) is 10.4. The van der Waals surface area contributed by atoms with Gasteiger partial charge in [0.2, 0.25) is 5.88 Å². The fourth-order valence-electron chi connectivity index (χ4n) is 7.43. The predicted octanol–water partition coefficient (Wildman–Crippen LogP) is 9.74. The van der Waals surface area contributed by atoms with Crippen molar-refractivity contribution in [3.05, 3.63) is 63.9 Å². The summed E-state index contributed by atoms with van der Waals surface area (Å²) in [6.45, 7) is 3.29. The fraction of sp³-hybridized carbons (Fsp3) is 0.588. The lowest BCUT2D eigenvalue weighted by atomic mass is 9.80. The average molecular weight is 708 g/mol. The largest absolute Gasteiger partial charge is 0.481 e. The molecule has 0 amide bonds. The molecule has 0 spiro atoms. The summed E-state index contributed by atoms with van der Waals surface area (Å²) in [6, 6.07) is 3.23. The van der Waals surface area contributed by atoms with E-state index in [-0.39, 0.29) is 47.0 Å². The molecule has 3 aliphatic rings. The van der Waals surface area contributed by atoms with Crippen LogP contribution < -0.4 is 9.80 Å². The van der Waals surface area contributed by atoms with Gasteiger partial charge in [-0.2, -0.15) is 39.5 Å². The molecule has 0 bridgehead atoms. The summed E-state index contributed by atoms with van der Waals surface area (Å²) in [6.07, 6.45) is -10.9. The lowest BCUT2D eigenvalue weighted by molar-refractivity contribution is -0.162. The Hall–Kier alpha value is -3.65. The smallest absolute Gasteiger partial charge is 0.416 e. The van der Waals surface area contributed by atoms with Crippen LogP contribution >= 0.6 is 0 Å². The van der Waals surface area contributed by atoms with E-state index in [0.29, 0.717) is 68.9 Å². The highest BCUT2D eigenvalue weighted by atomic mass is 19.4. The first-order chi connectivity index (χ1) is 22.8. The van der Waals surface area contributed by atoms with Gasteiger partial charge in [0.05, 0.1) is 28.8 Å². The van der Waals surface area contributed by atoms with Crippen molar-refractivity contribution in [1.29, 1.82) is 0 Å². The molecule has 1 aliphatic heterocycles. The Labute approximate surface area is 277 Å². The Morgan fingerprint density at radius 2 is 1.63 bits per heavy atom. The van der Waals surface area contributed by atoms with Crippen LogP contribution in [-0.4, -0.2) is 48.2 Å². The first-order valence-corrected chi connectivity index (χ1v) is 16.2. The third kappa shape index (κ3) is 8.75. The van der Waals surface area contributed by atoms with Crippen molar-refractivity contribution in [2.24, 2.45) is 17.8 Å². The number of carboxylic acids is 1. The molecule has 270 valence electrons. The number of aliphatic carboxylic acids is 1. The zero-order valence-corrected chi connectivity index (χ0v) is 27.0. The van der Waals surface area contributed by atoms with Gasteiger partial charge in [0.15, 0.2) is 0 Å². The minimum Gasteiger partial charge on any atom is -0.481 e. The highest BCUT2D eigenvalue weighted by Crippen LogP contribution is 2.46. The molecule has 0 radical (unpaired) electrons. The Balaban J connectivity index is 1.54. The van der Waals surface area contributed by atoms with Crippen molar-refractivity contribution < 1.29 is 53.9 Å². The molecule has 2 atom stereocenters. The quantitative estimate of drug-likeness (QED) is 0.276. The minimum absolute atomic E-state index is 0.0340. The summed E-state index contributed by atoms with van der Waals surface area (Å²) < 4.78 is 131. The highest BCUT2D eigenvalue weighted by molar-refractivity contribution is 5.67. The second-order valence-electron chi connectivity index (χ2n) is 13.5. The second-order valence-corrected chi connectivity index (χ2v) is 13.5.